The number of aryl methyl sites for hydroxylation is 1. The zero-order chi connectivity index (χ0) is 19.1. The number of aldehydes is 1. The lowest BCUT2D eigenvalue weighted by Gasteiger charge is -2.41. The number of carboxylic acid groups (broad SMARTS) is 1. The summed E-state index contributed by atoms with van der Waals surface area (Å²) in [5, 5.41) is 11.2. The fraction of sp³-hybridized carbons (Fsp3) is 0.500. The third-order valence-corrected chi connectivity index (χ3v) is 4.49. The number of carbonyl (C=O) groups is 4. The van der Waals surface area contributed by atoms with Gasteiger partial charge < -0.3 is 9.90 Å². The Balaban J connectivity index is 2.11. The van der Waals surface area contributed by atoms with Gasteiger partial charge in [-0.05, 0) is 43.4 Å². The van der Waals surface area contributed by atoms with Gasteiger partial charge in [0.15, 0.2) is 0 Å². The number of carbonyl (C=O) groups excluding carboxylic acids is 3. The number of aliphatic carboxylic acids is 1. The number of hydrazine groups is 1. The Morgan fingerprint density at radius 3 is 2.69 bits per heavy atom. The Bertz CT molecular complexity index is 664. The third kappa shape index (κ3) is 4.87. The van der Waals surface area contributed by atoms with Gasteiger partial charge in [-0.2, -0.15) is 0 Å². The molecule has 1 aliphatic heterocycles. The van der Waals surface area contributed by atoms with Crippen molar-refractivity contribution in [2.75, 3.05) is 6.54 Å². The van der Waals surface area contributed by atoms with Gasteiger partial charge in [-0.25, -0.2) is 5.01 Å². The van der Waals surface area contributed by atoms with E-state index >= 15 is 0 Å². The summed E-state index contributed by atoms with van der Waals surface area (Å²) in [6.07, 6.45) is 5.99. The van der Waals surface area contributed by atoms with Crippen LogP contribution in [-0.4, -0.2) is 56.8 Å². The van der Waals surface area contributed by atoms with Crippen LogP contribution in [-0.2, 0) is 25.6 Å². The molecule has 2 amide bonds. The van der Waals surface area contributed by atoms with Crippen LogP contribution in [0.25, 0.3) is 0 Å². The van der Waals surface area contributed by atoms with E-state index in [0.717, 1.165) is 10.6 Å². The number of carboxylic acids is 1. The van der Waals surface area contributed by atoms with Gasteiger partial charge >= 0.3 is 5.97 Å². The molecule has 140 valence electrons. The van der Waals surface area contributed by atoms with Crippen LogP contribution in [0.3, 0.4) is 0 Å². The smallest absolute Gasteiger partial charge is 0.305 e. The predicted molar refractivity (Wildman–Crippen MR) is 91.6 cm³/mol. The molecule has 1 aromatic heterocycles. The number of amides is 2. The van der Waals surface area contributed by atoms with Crippen molar-refractivity contribution in [1.29, 1.82) is 0 Å². The van der Waals surface area contributed by atoms with Crippen molar-refractivity contribution in [3.63, 3.8) is 0 Å². The predicted octanol–water partition coefficient (Wildman–Crippen LogP) is 1.06. The lowest BCUT2D eigenvalue weighted by Crippen LogP contribution is -2.58. The van der Waals surface area contributed by atoms with Gasteiger partial charge in [-0.1, -0.05) is 0 Å². The molecule has 2 atom stereocenters. The Morgan fingerprint density at radius 1 is 1.42 bits per heavy atom. The molecule has 1 aliphatic rings. The molecule has 8 nitrogen and oxygen atoms in total. The maximum atomic E-state index is 12.9. The number of piperidine rings is 1. The highest BCUT2D eigenvalue weighted by atomic mass is 16.4. The van der Waals surface area contributed by atoms with E-state index < -0.39 is 24.3 Å². The molecule has 0 aliphatic carbocycles. The van der Waals surface area contributed by atoms with Gasteiger partial charge in [0.05, 0.1) is 6.42 Å². The van der Waals surface area contributed by atoms with Crippen LogP contribution in [0, 0.1) is 5.92 Å². The van der Waals surface area contributed by atoms with Crippen molar-refractivity contribution < 1.29 is 24.3 Å². The van der Waals surface area contributed by atoms with Gasteiger partial charge in [0, 0.05) is 31.8 Å². The monoisotopic (exact) mass is 361 g/mol. The Hall–Kier alpha value is -2.77. The average molecular weight is 361 g/mol. The summed E-state index contributed by atoms with van der Waals surface area (Å²) in [7, 11) is 0. The van der Waals surface area contributed by atoms with E-state index in [1.165, 1.54) is 11.9 Å². The van der Waals surface area contributed by atoms with Crippen molar-refractivity contribution in [2.45, 2.75) is 45.1 Å². The molecule has 0 spiro atoms. The number of hydrogen-bond donors (Lipinski definition) is 1. The first-order chi connectivity index (χ1) is 12.4. The molecule has 0 radical (unpaired) electrons. The lowest BCUT2D eigenvalue weighted by atomic mass is 9.91. The summed E-state index contributed by atoms with van der Waals surface area (Å²) in [5.74, 6) is -2.23. The molecule has 0 bridgehead atoms. The second kappa shape index (κ2) is 9.07. The lowest BCUT2D eigenvalue weighted by molar-refractivity contribution is -0.176. The van der Waals surface area contributed by atoms with Gasteiger partial charge in [-0.3, -0.25) is 24.4 Å². The standard InChI is InChI=1S/C18H23N3O5/c1-13(23)21(16(12-22)11-17(24)25)20-10-2-3-15(18(20)26)5-4-14-6-8-19-9-7-14/h6-9,12,15-16H,2-5,10-11H2,1H3,(H,24,25)/t15?,16-/m0/s1. The van der Waals surface area contributed by atoms with Crippen LogP contribution >= 0.6 is 0 Å². The third-order valence-electron chi connectivity index (χ3n) is 4.49. The zero-order valence-corrected chi connectivity index (χ0v) is 14.7. The minimum Gasteiger partial charge on any atom is -0.481 e. The van der Waals surface area contributed by atoms with Crippen molar-refractivity contribution >= 4 is 24.1 Å². The van der Waals surface area contributed by atoms with Crippen LogP contribution in [0.5, 0.6) is 0 Å². The summed E-state index contributed by atoms with van der Waals surface area (Å²) in [4.78, 5) is 51.2. The highest BCUT2D eigenvalue weighted by Crippen LogP contribution is 2.25. The zero-order valence-electron chi connectivity index (χ0n) is 14.7. The van der Waals surface area contributed by atoms with Crippen molar-refractivity contribution in [3.05, 3.63) is 30.1 Å². The number of aromatic nitrogens is 1. The van der Waals surface area contributed by atoms with E-state index in [-0.39, 0.29) is 11.8 Å². The Kier molecular flexibility index (Phi) is 6.82. The SMILES string of the molecule is CC(=O)N([C@H](C=O)CC(=O)O)N1CCCC(CCc2ccncc2)C1=O. The topological polar surface area (TPSA) is 108 Å². The summed E-state index contributed by atoms with van der Waals surface area (Å²) in [5.41, 5.74) is 1.07. The molecule has 2 heterocycles. The summed E-state index contributed by atoms with van der Waals surface area (Å²) in [6.45, 7) is 1.53. The molecule has 1 aromatic rings. The molecule has 0 aromatic carbocycles. The quantitative estimate of drug-likeness (QED) is 0.694. The van der Waals surface area contributed by atoms with E-state index in [2.05, 4.69) is 4.98 Å². The second-order valence-corrected chi connectivity index (χ2v) is 6.36. The minimum atomic E-state index is -1.20. The molecule has 8 heteroatoms. The molecular formula is C18H23N3O5. The molecule has 2 rings (SSSR count). The van der Waals surface area contributed by atoms with E-state index in [9.17, 15) is 19.2 Å². The second-order valence-electron chi connectivity index (χ2n) is 6.36. The number of pyridine rings is 1. The van der Waals surface area contributed by atoms with E-state index in [1.807, 2.05) is 12.1 Å². The molecule has 0 saturated carbocycles. The molecular weight excluding hydrogens is 338 g/mol. The number of nitrogens with zero attached hydrogens (tertiary/aromatic N) is 3. The minimum absolute atomic E-state index is 0.238. The molecule has 1 fully saturated rings. The van der Waals surface area contributed by atoms with Crippen molar-refractivity contribution in [2.24, 2.45) is 5.92 Å². The summed E-state index contributed by atoms with van der Waals surface area (Å²) < 4.78 is 0. The largest absolute Gasteiger partial charge is 0.481 e. The van der Waals surface area contributed by atoms with Gasteiger partial charge in [-0.15, -0.1) is 0 Å². The van der Waals surface area contributed by atoms with Crippen molar-refractivity contribution in [3.8, 4) is 0 Å². The van der Waals surface area contributed by atoms with Crippen LogP contribution in [0.4, 0.5) is 0 Å². The van der Waals surface area contributed by atoms with E-state index in [4.69, 9.17) is 5.11 Å². The van der Waals surface area contributed by atoms with Crippen LogP contribution in [0.1, 0.15) is 38.2 Å². The van der Waals surface area contributed by atoms with Crippen LogP contribution < -0.4 is 0 Å². The fourth-order valence-corrected chi connectivity index (χ4v) is 3.26. The average Bonchev–Trinajstić information content (AvgIpc) is 2.61. The highest BCUT2D eigenvalue weighted by molar-refractivity contribution is 5.86. The molecule has 1 unspecified atom stereocenters. The fourth-order valence-electron chi connectivity index (χ4n) is 3.26. The Morgan fingerprint density at radius 2 is 2.12 bits per heavy atom. The number of rotatable bonds is 8. The maximum absolute atomic E-state index is 12.9. The van der Waals surface area contributed by atoms with Crippen LogP contribution in [0.15, 0.2) is 24.5 Å². The van der Waals surface area contributed by atoms with E-state index in [0.29, 0.717) is 38.5 Å². The van der Waals surface area contributed by atoms with Gasteiger partial charge in [0.25, 0.3) is 0 Å². The molecule has 1 N–H and O–H groups in total. The normalized spacial score (nSPS) is 18.3. The number of hydrogen-bond acceptors (Lipinski definition) is 5. The van der Waals surface area contributed by atoms with E-state index in [1.54, 1.807) is 12.4 Å². The first-order valence-corrected chi connectivity index (χ1v) is 8.61. The Labute approximate surface area is 151 Å². The highest BCUT2D eigenvalue weighted by Gasteiger charge is 2.37. The molecule has 1 saturated heterocycles. The van der Waals surface area contributed by atoms with Gasteiger partial charge in [0.2, 0.25) is 11.8 Å². The molecule has 26 heavy (non-hydrogen) atoms. The van der Waals surface area contributed by atoms with Crippen molar-refractivity contribution in [1.82, 2.24) is 15.0 Å². The first kappa shape index (κ1) is 19.6. The maximum Gasteiger partial charge on any atom is 0.305 e. The van der Waals surface area contributed by atoms with Gasteiger partial charge in [0.1, 0.15) is 12.3 Å². The van der Waals surface area contributed by atoms with Crippen LogP contribution in [0.2, 0.25) is 0 Å². The summed E-state index contributed by atoms with van der Waals surface area (Å²) in [6, 6.07) is 2.60. The first-order valence-electron chi connectivity index (χ1n) is 8.61. The summed E-state index contributed by atoms with van der Waals surface area (Å²) >= 11 is 0.